The lowest BCUT2D eigenvalue weighted by atomic mass is 10.5. The highest BCUT2D eigenvalue weighted by Gasteiger charge is 2.11. The molecule has 0 aliphatic carbocycles. The van der Waals surface area contributed by atoms with Crippen molar-refractivity contribution in [1.29, 1.82) is 0 Å². The van der Waals surface area contributed by atoms with Gasteiger partial charge in [-0.1, -0.05) is 0 Å². The van der Waals surface area contributed by atoms with Gasteiger partial charge in [0.1, 0.15) is 10.7 Å². The maximum absolute atomic E-state index is 5.65. The Morgan fingerprint density at radius 2 is 1.92 bits per heavy atom. The Kier molecular flexibility index (Phi) is 3.18. The van der Waals surface area contributed by atoms with Gasteiger partial charge in [0.25, 0.3) is 0 Å². The maximum Gasteiger partial charge on any atom is 0.321 e. The maximum atomic E-state index is 5.65. The zero-order valence-electron chi connectivity index (χ0n) is 7.70. The van der Waals surface area contributed by atoms with Crippen molar-refractivity contribution in [3.05, 3.63) is 0 Å². The minimum absolute atomic E-state index is 0.215. The molecular formula is C7H11N3O2S. The van der Waals surface area contributed by atoms with Crippen LogP contribution in [-0.2, 0) is 0 Å². The molecular weight excluding hydrogens is 190 g/mol. The SMILES string of the molecule is COc1nc(N)c(SC)c(OC)n1. The first kappa shape index (κ1) is 9.91. The second kappa shape index (κ2) is 4.18. The molecule has 0 aliphatic rings. The van der Waals surface area contributed by atoms with Gasteiger partial charge >= 0.3 is 6.01 Å². The Labute approximate surface area is 80.7 Å². The van der Waals surface area contributed by atoms with Crippen molar-refractivity contribution in [2.45, 2.75) is 4.90 Å². The fraction of sp³-hybridized carbons (Fsp3) is 0.429. The van der Waals surface area contributed by atoms with E-state index in [1.165, 1.54) is 26.0 Å². The normalized spacial score (nSPS) is 9.77. The number of anilines is 1. The molecule has 0 aliphatic heterocycles. The highest BCUT2D eigenvalue weighted by atomic mass is 32.2. The lowest BCUT2D eigenvalue weighted by Gasteiger charge is -2.08. The van der Waals surface area contributed by atoms with E-state index in [0.717, 1.165) is 4.90 Å². The van der Waals surface area contributed by atoms with E-state index >= 15 is 0 Å². The average molecular weight is 201 g/mol. The number of nitrogen functional groups attached to an aromatic ring is 1. The van der Waals surface area contributed by atoms with Crippen LogP contribution in [0.25, 0.3) is 0 Å². The molecule has 0 unspecified atom stereocenters. The van der Waals surface area contributed by atoms with E-state index < -0.39 is 0 Å². The molecule has 2 N–H and O–H groups in total. The number of nitrogens with zero attached hydrogens (tertiary/aromatic N) is 2. The summed E-state index contributed by atoms with van der Waals surface area (Å²) in [6.45, 7) is 0. The van der Waals surface area contributed by atoms with Crippen LogP contribution in [0.15, 0.2) is 4.90 Å². The van der Waals surface area contributed by atoms with Crippen LogP contribution in [-0.4, -0.2) is 30.4 Å². The first-order chi connectivity index (χ1) is 6.22. The predicted octanol–water partition coefficient (Wildman–Crippen LogP) is 0.798. The second-order valence-corrected chi connectivity index (χ2v) is 2.95. The molecule has 1 rings (SSSR count). The molecule has 0 amide bonds. The number of nitrogens with two attached hydrogens (primary N) is 1. The number of methoxy groups -OCH3 is 2. The van der Waals surface area contributed by atoms with Crippen LogP contribution < -0.4 is 15.2 Å². The highest BCUT2D eigenvalue weighted by molar-refractivity contribution is 7.98. The summed E-state index contributed by atoms with van der Waals surface area (Å²) in [5, 5.41) is 0. The average Bonchev–Trinajstić information content (AvgIpc) is 2.16. The van der Waals surface area contributed by atoms with E-state index in [-0.39, 0.29) is 6.01 Å². The standard InChI is InChI=1S/C7H11N3O2S/c1-11-6-4(13-3)5(8)9-7(10-6)12-2/h1-3H3,(H2,8,9,10). The summed E-state index contributed by atoms with van der Waals surface area (Å²) in [4.78, 5) is 8.62. The van der Waals surface area contributed by atoms with Gasteiger partial charge < -0.3 is 15.2 Å². The van der Waals surface area contributed by atoms with Crippen molar-refractivity contribution < 1.29 is 9.47 Å². The molecule has 0 radical (unpaired) electrons. The first-order valence-corrected chi connectivity index (χ1v) is 4.74. The van der Waals surface area contributed by atoms with E-state index in [4.69, 9.17) is 15.2 Å². The van der Waals surface area contributed by atoms with Crippen LogP contribution in [0.5, 0.6) is 11.9 Å². The third kappa shape index (κ3) is 1.95. The largest absolute Gasteiger partial charge is 0.480 e. The topological polar surface area (TPSA) is 70.3 Å². The summed E-state index contributed by atoms with van der Waals surface area (Å²) in [6.07, 6.45) is 1.88. The van der Waals surface area contributed by atoms with Gasteiger partial charge in [0.15, 0.2) is 0 Å². The van der Waals surface area contributed by atoms with Crippen LogP contribution in [0.1, 0.15) is 0 Å². The van der Waals surface area contributed by atoms with Gasteiger partial charge in [0.2, 0.25) is 5.88 Å². The lowest BCUT2D eigenvalue weighted by molar-refractivity contribution is 0.346. The van der Waals surface area contributed by atoms with Gasteiger partial charge in [0, 0.05) is 0 Å². The quantitative estimate of drug-likeness (QED) is 0.729. The number of hydrogen-bond acceptors (Lipinski definition) is 6. The van der Waals surface area contributed by atoms with E-state index in [0.29, 0.717) is 11.7 Å². The van der Waals surface area contributed by atoms with Crippen molar-refractivity contribution in [3.63, 3.8) is 0 Å². The van der Waals surface area contributed by atoms with Crippen LogP contribution in [0.2, 0.25) is 0 Å². The Morgan fingerprint density at radius 3 is 2.38 bits per heavy atom. The Morgan fingerprint density at radius 1 is 1.23 bits per heavy atom. The lowest BCUT2D eigenvalue weighted by Crippen LogP contribution is -2.02. The third-order valence-electron chi connectivity index (χ3n) is 1.42. The predicted molar refractivity (Wildman–Crippen MR) is 51.3 cm³/mol. The number of thioether (sulfide) groups is 1. The van der Waals surface area contributed by atoms with Crippen LogP contribution in [0.4, 0.5) is 5.82 Å². The summed E-state index contributed by atoms with van der Waals surface area (Å²) in [5.41, 5.74) is 5.65. The molecule has 72 valence electrons. The summed E-state index contributed by atoms with van der Waals surface area (Å²) in [7, 11) is 3.01. The smallest absolute Gasteiger partial charge is 0.321 e. The van der Waals surface area contributed by atoms with Gasteiger partial charge in [-0.3, -0.25) is 0 Å². The summed E-state index contributed by atoms with van der Waals surface area (Å²) < 4.78 is 9.87. The van der Waals surface area contributed by atoms with Crippen molar-refractivity contribution in [2.24, 2.45) is 0 Å². The van der Waals surface area contributed by atoms with Crippen molar-refractivity contribution in [2.75, 3.05) is 26.2 Å². The molecule has 1 aromatic rings. The van der Waals surface area contributed by atoms with Crippen molar-refractivity contribution >= 4 is 17.6 Å². The zero-order chi connectivity index (χ0) is 9.84. The fourth-order valence-electron chi connectivity index (χ4n) is 0.848. The Balaban J connectivity index is 3.20. The molecule has 6 heteroatoms. The highest BCUT2D eigenvalue weighted by Crippen LogP contribution is 2.31. The first-order valence-electron chi connectivity index (χ1n) is 3.52. The molecule has 5 nitrogen and oxygen atoms in total. The van der Waals surface area contributed by atoms with Crippen molar-refractivity contribution in [3.8, 4) is 11.9 Å². The van der Waals surface area contributed by atoms with Gasteiger partial charge in [-0.05, 0) is 6.26 Å². The monoisotopic (exact) mass is 201 g/mol. The Hall–Kier alpha value is -1.17. The zero-order valence-corrected chi connectivity index (χ0v) is 8.51. The van der Waals surface area contributed by atoms with E-state index in [1.807, 2.05) is 6.26 Å². The molecule has 0 saturated heterocycles. The van der Waals surface area contributed by atoms with E-state index in [1.54, 1.807) is 0 Å². The molecule has 0 saturated carbocycles. The van der Waals surface area contributed by atoms with E-state index in [9.17, 15) is 0 Å². The summed E-state index contributed by atoms with van der Waals surface area (Å²) >= 11 is 1.44. The molecule has 13 heavy (non-hydrogen) atoms. The minimum atomic E-state index is 0.215. The molecule has 0 bridgehead atoms. The van der Waals surface area contributed by atoms with Gasteiger partial charge in [-0.15, -0.1) is 11.8 Å². The van der Waals surface area contributed by atoms with Crippen LogP contribution in [0.3, 0.4) is 0 Å². The number of rotatable bonds is 3. The Bertz CT molecular complexity index is 306. The van der Waals surface area contributed by atoms with Crippen LogP contribution >= 0.6 is 11.8 Å². The third-order valence-corrected chi connectivity index (χ3v) is 2.21. The van der Waals surface area contributed by atoms with Gasteiger partial charge in [-0.25, -0.2) is 0 Å². The minimum Gasteiger partial charge on any atom is -0.480 e. The molecule has 0 aromatic carbocycles. The van der Waals surface area contributed by atoms with Gasteiger partial charge in [-0.2, -0.15) is 9.97 Å². The van der Waals surface area contributed by atoms with Crippen LogP contribution in [0, 0.1) is 0 Å². The molecule has 1 heterocycles. The van der Waals surface area contributed by atoms with E-state index in [2.05, 4.69) is 9.97 Å². The fourth-order valence-corrected chi connectivity index (χ4v) is 1.41. The second-order valence-electron chi connectivity index (χ2n) is 2.14. The number of aromatic nitrogens is 2. The molecule has 0 fully saturated rings. The number of hydrogen-bond donors (Lipinski definition) is 1. The van der Waals surface area contributed by atoms with Gasteiger partial charge in [0.05, 0.1) is 14.2 Å². The summed E-state index contributed by atoms with van der Waals surface area (Å²) in [6, 6.07) is 0.215. The molecule has 1 aromatic heterocycles. The van der Waals surface area contributed by atoms with Crippen molar-refractivity contribution in [1.82, 2.24) is 9.97 Å². The molecule has 0 atom stereocenters. The summed E-state index contributed by atoms with van der Waals surface area (Å²) in [5.74, 6) is 0.813. The number of ether oxygens (including phenoxy) is 2. The molecule has 0 spiro atoms.